The number of carbonyl (C=O) groups is 2. The van der Waals surface area contributed by atoms with Crippen LogP contribution in [0.4, 0.5) is 0 Å². The van der Waals surface area contributed by atoms with Gasteiger partial charge in [0.15, 0.2) is 0 Å². The maximum atomic E-state index is 11.9. The number of nitrogens with zero attached hydrogens (tertiary/aromatic N) is 2. The minimum absolute atomic E-state index is 0.00792. The van der Waals surface area contributed by atoms with Crippen molar-refractivity contribution in [1.29, 1.82) is 0 Å². The summed E-state index contributed by atoms with van der Waals surface area (Å²) in [5.74, 6) is -0.0205. The van der Waals surface area contributed by atoms with Gasteiger partial charge in [-0.2, -0.15) is 0 Å². The van der Waals surface area contributed by atoms with Crippen molar-refractivity contribution in [3.05, 3.63) is 35.4 Å². The first kappa shape index (κ1) is 18.2. The second kappa shape index (κ2) is 9.20. The average Bonchev–Trinajstić information content (AvgIpc) is 2.45. The van der Waals surface area contributed by atoms with E-state index in [4.69, 9.17) is 0 Å². The SMILES string of the molecule is CC(=O)N(CCC(=O)NCc1ccccc1C)CCN(C)C. The monoisotopic (exact) mass is 305 g/mol. The lowest BCUT2D eigenvalue weighted by Crippen LogP contribution is -2.38. The Morgan fingerprint density at radius 2 is 1.77 bits per heavy atom. The highest BCUT2D eigenvalue weighted by molar-refractivity contribution is 5.78. The molecule has 22 heavy (non-hydrogen) atoms. The number of benzene rings is 1. The van der Waals surface area contributed by atoms with Gasteiger partial charge in [0.05, 0.1) is 0 Å². The van der Waals surface area contributed by atoms with E-state index in [1.54, 1.807) is 11.8 Å². The van der Waals surface area contributed by atoms with Gasteiger partial charge in [0, 0.05) is 39.5 Å². The Morgan fingerprint density at radius 1 is 1.09 bits per heavy atom. The van der Waals surface area contributed by atoms with Gasteiger partial charge in [-0.1, -0.05) is 24.3 Å². The number of likely N-dealkylation sites (N-methyl/N-ethyl adjacent to an activating group) is 1. The highest BCUT2D eigenvalue weighted by Crippen LogP contribution is 2.06. The number of hydrogen-bond acceptors (Lipinski definition) is 3. The summed E-state index contributed by atoms with van der Waals surface area (Å²) in [7, 11) is 3.93. The third-order valence-electron chi connectivity index (χ3n) is 3.61. The molecule has 0 saturated heterocycles. The Balaban J connectivity index is 2.37. The van der Waals surface area contributed by atoms with Crippen LogP contribution < -0.4 is 5.32 Å². The van der Waals surface area contributed by atoms with Crippen molar-refractivity contribution in [1.82, 2.24) is 15.1 Å². The Bertz CT molecular complexity index is 500. The van der Waals surface area contributed by atoms with E-state index in [0.29, 0.717) is 26.1 Å². The fourth-order valence-electron chi connectivity index (χ4n) is 2.07. The lowest BCUT2D eigenvalue weighted by Gasteiger charge is -2.22. The zero-order chi connectivity index (χ0) is 16.5. The maximum Gasteiger partial charge on any atom is 0.222 e. The van der Waals surface area contributed by atoms with Crippen molar-refractivity contribution in [3.8, 4) is 0 Å². The van der Waals surface area contributed by atoms with Crippen LogP contribution in [0.5, 0.6) is 0 Å². The molecule has 1 aromatic carbocycles. The topological polar surface area (TPSA) is 52.7 Å². The summed E-state index contributed by atoms with van der Waals surface area (Å²) in [6, 6.07) is 7.98. The molecule has 0 aliphatic rings. The molecular formula is C17H27N3O2. The number of hydrogen-bond donors (Lipinski definition) is 1. The second-order valence-electron chi connectivity index (χ2n) is 5.76. The van der Waals surface area contributed by atoms with Crippen LogP contribution in [-0.4, -0.2) is 55.3 Å². The van der Waals surface area contributed by atoms with Gasteiger partial charge in [-0.15, -0.1) is 0 Å². The molecule has 5 heteroatoms. The molecule has 122 valence electrons. The largest absolute Gasteiger partial charge is 0.352 e. The normalized spacial score (nSPS) is 10.6. The number of rotatable bonds is 8. The zero-order valence-electron chi connectivity index (χ0n) is 14.1. The molecule has 0 spiro atoms. The number of aryl methyl sites for hydroxylation is 1. The van der Waals surface area contributed by atoms with Gasteiger partial charge in [0.25, 0.3) is 0 Å². The van der Waals surface area contributed by atoms with Gasteiger partial charge in [-0.3, -0.25) is 9.59 Å². The van der Waals surface area contributed by atoms with Crippen molar-refractivity contribution in [3.63, 3.8) is 0 Å². The zero-order valence-corrected chi connectivity index (χ0v) is 14.1. The summed E-state index contributed by atoms with van der Waals surface area (Å²) in [5, 5.41) is 2.91. The van der Waals surface area contributed by atoms with E-state index in [-0.39, 0.29) is 11.8 Å². The molecule has 1 N–H and O–H groups in total. The van der Waals surface area contributed by atoms with Crippen molar-refractivity contribution in [2.75, 3.05) is 33.7 Å². The minimum atomic E-state index is -0.0284. The van der Waals surface area contributed by atoms with Gasteiger partial charge in [-0.25, -0.2) is 0 Å². The Hall–Kier alpha value is -1.88. The van der Waals surface area contributed by atoms with Crippen molar-refractivity contribution >= 4 is 11.8 Å². The van der Waals surface area contributed by atoms with Gasteiger partial charge in [-0.05, 0) is 32.1 Å². The highest BCUT2D eigenvalue weighted by atomic mass is 16.2. The van der Waals surface area contributed by atoms with Crippen LogP contribution >= 0.6 is 0 Å². The summed E-state index contributed by atoms with van der Waals surface area (Å²) >= 11 is 0. The fourth-order valence-corrected chi connectivity index (χ4v) is 2.07. The molecule has 1 aromatic rings. The molecule has 0 fully saturated rings. The molecule has 0 bridgehead atoms. The van der Waals surface area contributed by atoms with Crippen LogP contribution in [0.2, 0.25) is 0 Å². The van der Waals surface area contributed by atoms with Crippen molar-refractivity contribution < 1.29 is 9.59 Å². The molecule has 0 heterocycles. The van der Waals surface area contributed by atoms with E-state index in [2.05, 4.69) is 5.32 Å². The van der Waals surface area contributed by atoms with Gasteiger partial charge in [0.1, 0.15) is 0 Å². The molecule has 1 rings (SSSR count). The van der Waals surface area contributed by atoms with Gasteiger partial charge in [0.2, 0.25) is 11.8 Å². The highest BCUT2D eigenvalue weighted by Gasteiger charge is 2.11. The molecule has 0 unspecified atom stereocenters. The molecule has 0 atom stereocenters. The van der Waals surface area contributed by atoms with E-state index >= 15 is 0 Å². The van der Waals surface area contributed by atoms with E-state index in [0.717, 1.165) is 12.1 Å². The lowest BCUT2D eigenvalue weighted by atomic mass is 10.1. The van der Waals surface area contributed by atoms with Crippen molar-refractivity contribution in [2.24, 2.45) is 0 Å². The molecule has 0 aliphatic carbocycles. The smallest absolute Gasteiger partial charge is 0.222 e. The summed E-state index contributed by atoms with van der Waals surface area (Å²) in [4.78, 5) is 27.2. The van der Waals surface area contributed by atoms with E-state index in [9.17, 15) is 9.59 Å². The Labute approximate surface area is 133 Å². The van der Waals surface area contributed by atoms with Crippen LogP contribution in [0, 0.1) is 6.92 Å². The molecule has 2 amide bonds. The first-order chi connectivity index (χ1) is 10.4. The fraction of sp³-hybridized carbons (Fsp3) is 0.529. The van der Waals surface area contributed by atoms with Gasteiger partial charge < -0.3 is 15.1 Å². The average molecular weight is 305 g/mol. The van der Waals surface area contributed by atoms with E-state index in [1.807, 2.05) is 50.2 Å². The minimum Gasteiger partial charge on any atom is -0.352 e. The van der Waals surface area contributed by atoms with Crippen LogP contribution in [-0.2, 0) is 16.1 Å². The van der Waals surface area contributed by atoms with Crippen LogP contribution in [0.25, 0.3) is 0 Å². The molecule has 0 saturated carbocycles. The maximum absolute atomic E-state index is 11.9. The quantitative estimate of drug-likeness (QED) is 0.790. The number of amides is 2. The molecule has 0 aliphatic heterocycles. The van der Waals surface area contributed by atoms with Gasteiger partial charge >= 0.3 is 0 Å². The van der Waals surface area contributed by atoms with Crippen molar-refractivity contribution in [2.45, 2.75) is 26.8 Å². The first-order valence-corrected chi connectivity index (χ1v) is 7.61. The Morgan fingerprint density at radius 3 is 2.36 bits per heavy atom. The van der Waals surface area contributed by atoms with Crippen LogP contribution in [0.3, 0.4) is 0 Å². The predicted octanol–water partition coefficient (Wildman–Crippen LogP) is 1.41. The number of carbonyl (C=O) groups excluding carboxylic acids is 2. The summed E-state index contributed by atoms with van der Waals surface area (Å²) in [5.41, 5.74) is 2.28. The van der Waals surface area contributed by atoms with Crippen LogP contribution in [0.15, 0.2) is 24.3 Å². The van der Waals surface area contributed by atoms with Crippen LogP contribution in [0.1, 0.15) is 24.5 Å². The summed E-state index contributed by atoms with van der Waals surface area (Å²) in [6.45, 7) is 6.00. The van der Waals surface area contributed by atoms with E-state index < -0.39 is 0 Å². The third-order valence-corrected chi connectivity index (χ3v) is 3.61. The predicted molar refractivity (Wildman–Crippen MR) is 88.5 cm³/mol. The Kier molecular flexibility index (Phi) is 7.60. The molecule has 0 radical (unpaired) electrons. The number of nitrogens with one attached hydrogen (secondary N) is 1. The third kappa shape index (κ3) is 6.72. The lowest BCUT2D eigenvalue weighted by molar-refractivity contribution is -0.129. The first-order valence-electron chi connectivity index (χ1n) is 7.61. The molecule has 5 nitrogen and oxygen atoms in total. The molecular weight excluding hydrogens is 278 g/mol. The summed E-state index contributed by atoms with van der Waals surface area (Å²) < 4.78 is 0. The standard InChI is InChI=1S/C17H27N3O2/c1-14-7-5-6-8-16(14)13-18-17(22)9-10-20(15(2)21)12-11-19(3)4/h5-8H,9-13H2,1-4H3,(H,18,22). The summed E-state index contributed by atoms with van der Waals surface area (Å²) in [6.07, 6.45) is 0.332. The molecule has 0 aromatic heterocycles. The van der Waals surface area contributed by atoms with E-state index in [1.165, 1.54) is 5.56 Å². The second-order valence-corrected chi connectivity index (χ2v) is 5.76.